The van der Waals surface area contributed by atoms with E-state index in [9.17, 15) is 14.7 Å². The number of carbonyl (C=O) groups is 2. The molecule has 1 aliphatic rings. The quantitative estimate of drug-likeness (QED) is 0.0387. The van der Waals surface area contributed by atoms with Gasteiger partial charge in [-0.25, -0.2) is 0 Å². The molecular weight excluding hydrogens is 618 g/mol. The van der Waals surface area contributed by atoms with E-state index in [1.807, 2.05) is 49.4 Å². The van der Waals surface area contributed by atoms with Crippen LogP contribution in [0.5, 0.6) is 11.5 Å². The van der Waals surface area contributed by atoms with E-state index in [4.69, 9.17) is 21.1 Å². The lowest BCUT2D eigenvalue weighted by molar-refractivity contribution is -0.132. The van der Waals surface area contributed by atoms with Gasteiger partial charge in [-0.3, -0.25) is 14.5 Å². The molecule has 1 saturated heterocycles. The van der Waals surface area contributed by atoms with E-state index in [2.05, 4.69) is 17.1 Å². The molecule has 1 aromatic heterocycles. The molecule has 0 bridgehead atoms. The van der Waals surface area contributed by atoms with Gasteiger partial charge in [0.2, 0.25) is 5.13 Å². The number of halogens is 1. The average Bonchev–Trinajstić information content (AvgIpc) is 3.61. The van der Waals surface area contributed by atoms with Gasteiger partial charge in [-0.05, 0) is 73.0 Å². The highest BCUT2D eigenvalue weighted by molar-refractivity contribution is 8.00. The number of aliphatic hydroxyl groups excluding tert-OH is 1. The number of Topliss-reactive ketones (excluding diaryl/α,β-unsaturated/α-hetero) is 1. The number of rotatable bonds is 13. The van der Waals surface area contributed by atoms with Crippen LogP contribution < -0.4 is 14.4 Å². The van der Waals surface area contributed by atoms with Crippen LogP contribution in [0.15, 0.2) is 82.7 Å². The molecule has 0 saturated carbocycles. The van der Waals surface area contributed by atoms with Gasteiger partial charge in [-0.15, -0.1) is 10.2 Å². The van der Waals surface area contributed by atoms with Gasteiger partial charge < -0.3 is 14.6 Å². The van der Waals surface area contributed by atoms with Crippen LogP contribution in [-0.2, 0) is 15.3 Å². The van der Waals surface area contributed by atoms with Crippen molar-refractivity contribution >= 4 is 57.3 Å². The van der Waals surface area contributed by atoms with Crippen molar-refractivity contribution in [1.82, 2.24) is 10.2 Å². The number of benzene rings is 3. The van der Waals surface area contributed by atoms with Crippen molar-refractivity contribution in [1.29, 1.82) is 0 Å². The van der Waals surface area contributed by atoms with E-state index in [0.717, 1.165) is 24.8 Å². The second-order valence-corrected chi connectivity index (χ2v) is 12.6. The summed E-state index contributed by atoms with van der Waals surface area (Å²) >= 11 is 8.69. The molecule has 11 heteroatoms. The average molecular weight is 650 g/mol. The van der Waals surface area contributed by atoms with Gasteiger partial charge in [-0.2, -0.15) is 0 Å². The van der Waals surface area contributed by atoms with Crippen LogP contribution in [0.2, 0.25) is 5.02 Å². The summed E-state index contributed by atoms with van der Waals surface area (Å²) in [6.07, 6.45) is 3.04. The molecule has 0 radical (unpaired) electrons. The molecule has 4 aromatic rings. The number of thioether (sulfide) groups is 1. The third-order valence-electron chi connectivity index (χ3n) is 6.95. The van der Waals surface area contributed by atoms with Crippen molar-refractivity contribution in [3.8, 4) is 11.5 Å². The zero-order valence-corrected chi connectivity index (χ0v) is 26.8. The molecule has 3 aromatic carbocycles. The van der Waals surface area contributed by atoms with E-state index < -0.39 is 17.7 Å². The fourth-order valence-corrected chi connectivity index (χ4v) is 6.73. The van der Waals surface area contributed by atoms with Gasteiger partial charge in [0.15, 0.2) is 4.34 Å². The number of aliphatic hydroxyl groups is 1. The maximum Gasteiger partial charge on any atom is 0.301 e. The van der Waals surface area contributed by atoms with Gasteiger partial charge in [0.05, 0.1) is 24.8 Å². The maximum absolute atomic E-state index is 13.6. The SMILES string of the molecule is CCCCCOc1cccc(C2/C(=C(\O)c3ccc(OCC)cc3)C(=O)C(=O)N2c2nnc(SCc3ccc(Cl)cc3)s2)c1. The lowest BCUT2D eigenvalue weighted by Crippen LogP contribution is -2.29. The third-order valence-corrected chi connectivity index (χ3v) is 9.33. The summed E-state index contributed by atoms with van der Waals surface area (Å²) in [6, 6.07) is 20.6. The Bertz CT molecular complexity index is 1640. The van der Waals surface area contributed by atoms with Crippen LogP contribution in [0.1, 0.15) is 55.8 Å². The second-order valence-electron chi connectivity index (χ2n) is 10.0. The van der Waals surface area contributed by atoms with E-state index in [1.165, 1.54) is 28.0 Å². The molecule has 5 rings (SSSR count). The Kier molecular flexibility index (Phi) is 10.6. The van der Waals surface area contributed by atoms with Crippen molar-refractivity contribution < 1.29 is 24.2 Å². The summed E-state index contributed by atoms with van der Waals surface area (Å²) in [5, 5.41) is 21.0. The summed E-state index contributed by atoms with van der Waals surface area (Å²) in [6.45, 7) is 5.05. The topological polar surface area (TPSA) is 102 Å². The monoisotopic (exact) mass is 649 g/mol. The summed E-state index contributed by atoms with van der Waals surface area (Å²) in [5.41, 5.74) is 2.02. The Morgan fingerprint density at radius 2 is 1.75 bits per heavy atom. The first-order chi connectivity index (χ1) is 21.4. The number of aromatic nitrogens is 2. The highest BCUT2D eigenvalue weighted by Crippen LogP contribution is 2.44. The molecule has 1 amide bonds. The highest BCUT2D eigenvalue weighted by Gasteiger charge is 2.48. The van der Waals surface area contributed by atoms with Crippen LogP contribution in [0.25, 0.3) is 5.76 Å². The van der Waals surface area contributed by atoms with Crippen molar-refractivity contribution in [2.45, 2.75) is 49.2 Å². The Hall–Kier alpha value is -3.86. The van der Waals surface area contributed by atoms with Crippen LogP contribution >= 0.6 is 34.7 Å². The molecule has 1 unspecified atom stereocenters. The standard InChI is InChI=1S/C33H32ClN3O5S2/c1-3-5-6-18-42-26-9-7-8-23(19-26)28-27(29(38)22-12-16-25(17-13-22)41-4-2)30(39)31(40)37(28)32-35-36-33(44-32)43-20-21-10-14-24(34)15-11-21/h7-17,19,28,38H,3-6,18,20H2,1-2H3/b29-27+. The fraction of sp³-hybridized carbons (Fsp3) is 0.273. The maximum atomic E-state index is 13.6. The van der Waals surface area contributed by atoms with Crippen LogP contribution in [0, 0.1) is 0 Å². The number of anilines is 1. The summed E-state index contributed by atoms with van der Waals surface area (Å²) < 4.78 is 12.1. The molecule has 1 N–H and O–H groups in total. The van der Waals surface area contributed by atoms with Crippen LogP contribution in [-0.4, -0.2) is 40.2 Å². The lowest BCUT2D eigenvalue weighted by Gasteiger charge is -2.23. The molecule has 1 fully saturated rings. The third kappa shape index (κ3) is 7.26. The minimum atomic E-state index is -0.942. The number of hydrogen-bond acceptors (Lipinski definition) is 9. The summed E-state index contributed by atoms with van der Waals surface area (Å²) in [5.74, 6) is -0.00461. The van der Waals surface area contributed by atoms with Crippen molar-refractivity contribution in [2.24, 2.45) is 0 Å². The summed E-state index contributed by atoms with van der Waals surface area (Å²) in [7, 11) is 0. The molecule has 8 nitrogen and oxygen atoms in total. The predicted octanol–water partition coefficient (Wildman–Crippen LogP) is 8.08. The normalized spacial score (nSPS) is 16.0. The minimum Gasteiger partial charge on any atom is -0.507 e. The molecule has 0 aliphatic carbocycles. The van der Waals surface area contributed by atoms with E-state index in [0.29, 0.717) is 51.0 Å². The Balaban J connectivity index is 1.51. The number of nitrogens with zero attached hydrogens (tertiary/aromatic N) is 3. The largest absolute Gasteiger partial charge is 0.507 e. The first-order valence-electron chi connectivity index (χ1n) is 14.4. The van der Waals surface area contributed by atoms with E-state index >= 15 is 0 Å². The van der Waals surface area contributed by atoms with Gasteiger partial charge in [0.1, 0.15) is 17.3 Å². The Morgan fingerprint density at radius 3 is 2.48 bits per heavy atom. The number of amides is 1. The predicted molar refractivity (Wildman–Crippen MR) is 175 cm³/mol. The molecule has 0 spiro atoms. The number of hydrogen-bond donors (Lipinski definition) is 1. The van der Waals surface area contributed by atoms with Crippen molar-refractivity contribution in [3.63, 3.8) is 0 Å². The van der Waals surface area contributed by atoms with Crippen molar-refractivity contribution in [2.75, 3.05) is 18.1 Å². The van der Waals surface area contributed by atoms with E-state index in [1.54, 1.807) is 30.3 Å². The smallest absolute Gasteiger partial charge is 0.301 e. The molecular formula is C33H32ClN3O5S2. The van der Waals surface area contributed by atoms with Gasteiger partial charge in [-0.1, -0.05) is 78.7 Å². The fourth-order valence-electron chi connectivity index (χ4n) is 4.78. The first-order valence-corrected chi connectivity index (χ1v) is 16.5. The molecule has 228 valence electrons. The minimum absolute atomic E-state index is 0.0344. The number of ether oxygens (including phenoxy) is 2. The molecule has 1 atom stereocenters. The van der Waals surface area contributed by atoms with Crippen LogP contribution in [0.4, 0.5) is 5.13 Å². The molecule has 2 heterocycles. The van der Waals surface area contributed by atoms with Gasteiger partial charge in [0.25, 0.3) is 5.78 Å². The lowest BCUT2D eigenvalue weighted by atomic mass is 9.95. The molecule has 44 heavy (non-hydrogen) atoms. The zero-order valence-electron chi connectivity index (χ0n) is 24.4. The summed E-state index contributed by atoms with van der Waals surface area (Å²) in [4.78, 5) is 28.6. The molecule has 1 aliphatic heterocycles. The van der Waals surface area contributed by atoms with Gasteiger partial charge >= 0.3 is 5.91 Å². The Labute approximate surface area is 269 Å². The Morgan fingerprint density at radius 1 is 0.977 bits per heavy atom. The van der Waals surface area contributed by atoms with Crippen molar-refractivity contribution in [3.05, 3.63) is 100 Å². The zero-order chi connectivity index (χ0) is 31.1. The van der Waals surface area contributed by atoms with E-state index in [-0.39, 0.29) is 16.5 Å². The number of unbranched alkanes of at least 4 members (excludes halogenated alkanes) is 2. The second kappa shape index (κ2) is 14.7. The number of carbonyl (C=O) groups excluding carboxylic acids is 2. The highest BCUT2D eigenvalue weighted by atomic mass is 35.5. The first kappa shape index (κ1) is 31.6. The number of ketones is 1. The van der Waals surface area contributed by atoms with Gasteiger partial charge in [0, 0.05) is 16.3 Å². The van der Waals surface area contributed by atoms with Crippen LogP contribution in [0.3, 0.4) is 0 Å².